The SMILES string of the molecule is CC(C)c1ccc(C(=O)Nc2cc(NC3CCCCC3)c(N)cc2Cl)cc1. The molecule has 3 rings (SSSR count). The minimum atomic E-state index is -0.180. The van der Waals surface area contributed by atoms with E-state index in [4.69, 9.17) is 17.3 Å². The number of carbonyl (C=O) groups excluding carboxylic acids is 1. The quantitative estimate of drug-likeness (QED) is 0.549. The van der Waals surface area contributed by atoms with Crippen LogP contribution in [0.15, 0.2) is 36.4 Å². The number of benzene rings is 2. The first kappa shape index (κ1) is 19.6. The standard InChI is InChI=1S/C22H28ClN3O/c1-14(2)15-8-10-16(11-9-15)22(27)26-20-13-21(19(24)12-18(20)23)25-17-6-4-3-5-7-17/h8-14,17,25H,3-7,24H2,1-2H3,(H,26,27). The van der Waals surface area contributed by atoms with Crippen LogP contribution < -0.4 is 16.4 Å². The fraction of sp³-hybridized carbons (Fsp3) is 0.409. The second-order valence-electron chi connectivity index (χ2n) is 7.63. The second kappa shape index (κ2) is 8.66. The number of nitrogens with one attached hydrogen (secondary N) is 2. The van der Waals surface area contributed by atoms with Crippen LogP contribution in [-0.2, 0) is 0 Å². The lowest BCUT2D eigenvalue weighted by molar-refractivity contribution is 0.102. The van der Waals surface area contributed by atoms with Crippen molar-refractivity contribution >= 4 is 34.6 Å². The highest BCUT2D eigenvalue weighted by Gasteiger charge is 2.16. The van der Waals surface area contributed by atoms with Crippen molar-refractivity contribution in [2.45, 2.75) is 57.9 Å². The smallest absolute Gasteiger partial charge is 0.255 e. The highest BCUT2D eigenvalue weighted by Crippen LogP contribution is 2.33. The number of hydrogen-bond donors (Lipinski definition) is 3. The van der Waals surface area contributed by atoms with E-state index in [9.17, 15) is 4.79 Å². The molecule has 5 heteroatoms. The molecule has 27 heavy (non-hydrogen) atoms. The fourth-order valence-electron chi connectivity index (χ4n) is 3.49. The van der Waals surface area contributed by atoms with Gasteiger partial charge in [-0.2, -0.15) is 0 Å². The van der Waals surface area contributed by atoms with Crippen LogP contribution in [0.3, 0.4) is 0 Å². The van der Waals surface area contributed by atoms with Crippen LogP contribution in [0.5, 0.6) is 0 Å². The van der Waals surface area contributed by atoms with E-state index >= 15 is 0 Å². The number of hydrogen-bond acceptors (Lipinski definition) is 3. The van der Waals surface area contributed by atoms with E-state index in [1.54, 1.807) is 6.07 Å². The molecule has 0 heterocycles. The summed E-state index contributed by atoms with van der Waals surface area (Å²) < 4.78 is 0. The van der Waals surface area contributed by atoms with Crippen LogP contribution in [0.2, 0.25) is 5.02 Å². The molecule has 4 N–H and O–H groups in total. The van der Waals surface area contributed by atoms with E-state index in [1.807, 2.05) is 30.3 Å². The van der Waals surface area contributed by atoms with Gasteiger partial charge in [0.2, 0.25) is 0 Å². The highest BCUT2D eigenvalue weighted by atomic mass is 35.5. The monoisotopic (exact) mass is 385 g/mol. The van der Waals surface area contributed by atoms with E-state index in [1.165, 1.54) is 24.8 Å². The minimum Gasteiger partial charge on any atom is -0.397 e. The molecular weight excluding hydrogens is 358 g/mol. The van der Waals surface area contributed by atoms with Crippen LogP contribution >= 0.6 is 11.6 Å². The molecule has 2 aromatic carbocycles. The van der Waals surface area contributed by atoms with Crippen LogP contribution in [0.4, 0.5) is 17.1 Å². The van der Waals surface area contributed by atoms with Gasteiger partial charge >= 0.3 is 0 Å². The average molecular weight is 386 g/mol. The third-order valence-corrected chi connectivity index (χ3v) is 5.50. The van der Waals surface area contributed by atoms with E-state index in [-0.39, 0.29) is 5.91 Å². The molecule has 4 nitrogen and oxygen atoms in total. The normalized spacial score (nSPS) is 15.0. The van der Waals surface area contributed by atoms with Gasteiger partial charge in [0.1, 0.15) is 0 Å². The predicted molar refractivity (Wildman–Crippen MR) is 115 cm³/mol. The molecule has 0 aliphatic heterocycles. The zero-order chi connectivity index (χ0) is 19.4. The van der Waals surface area contributed by atoms with Gasteiger partial charge in [-0.1, -0.05) is 56.8 Å². The lowest BCUT2D eigenvalue weighted by atomic mass is 9.95. The van der Waals surface area contributed by atoms with Gasteiger partial charge in [-0.3, -0.25) is 4.79 Å². The largest absolute Gasteiger partial charge is 0.397 e. The molecule has 0 unspecified atom stereocenters. The van der Waals surface area contributed by atoms with Crippen molar-refractivity contribution in [3.05, 3.63) is 52.5 Å². The second-order valence-corrected chi connectivity index (χ2v) is 8.04. The summed E-state index contributed by atoms with van der Waals surface area (Å²) in [6, 6.07) is 11.6. The van der Waals surface area contributed by atoms with Crippen molar-refractivity contribution < 1.29 is 4.79 Å². The molecule has 0 atom stereocenters. The van der Waals surface area contributed by atoms with Gasteiger partial charge in [0.15, 0.2) is 0 Å². The number of rotatable bonds is 5. The molecule has 1 saturated carbocycles. The van der Waals surface area contributed by atoms with Gasteiger partial charge in [-0.05, 0) is 48.6 Å². The maximum absolute atomic E-state index is 12.6. The Morgan fingerprint density at radius 2 is 1.74 bits per heavy atom. The summed E-state index contributed by atoms with van der Waals surface area (Å²) in [6.45, 7) is 4.26. The van der Waals surface area contributed by atoms with Crippen LogP contribution in [0, 0.1) is 0 Å². The molecule has 0 aromatic heterocycles. The average Bonchev–Trinajstić information content (AvgIpc) is 2.66. The summed E-state index contributed by atoms with van der Waals surface area (Å²) in [4.78, 5) is 12.6. The Balaban J connectivity index is 1.75. The van der Waals surface area contributed by atoms with Gasteiger partial charge < -0.3 is 16.4 Å². The fourth-order valence-corrected chi connectivity index (χ4v) is 3.71. The Labute approximate surface area is 166 Å². The molecular formula is C22H28ClN3O. The molecule has 1 aliphatic rings. The molecule has 144 valence electrons. The maximum atomic E-state index is 12.6. The molecule has 1 aliphatic carbocycles. The van der Waals surface area contributed by atoms with Crippen LogP contribution in [0.1, 0.15) is 67.8 Å². The first-order valence-corrected chi connectivity index (χ1v) is 10.1. The Bertz CT molecular complexity index is 796. The number of anilines is 3. The molecule has 1 amide bonds. The number of nitrogen functional groups attached to an aromatic ring is 1. The topological polar surface area (TPSA) is 67.2 Å². The summed E-state index contributed by atoms with van der Waals surface area (Å²) in [7, 11) is 0. The Hall–Kier alpha value is -2.20. The Morgan fingerprint density at radius 3 is 2.37 bits per heavy atom. The van der Waals surface area contributed by atoms with E-state index in [2.05, 4.69) is 24.5 Å². The summed E-state index contributed by atoms with van der Waals surface area (Å²) in [5.74, 6) is 0.252. The van der Waals surface area contributed by atoms with Crippen LogP contribution in [-0.4, -0.2) is 11.9 Å². The lowest BCUT2D eigenvalue weighted by Gasteiger charge is -2.25. The number of carbonyl (C=O) groups is 1. The third kappa shape index (κ3) is 4.95. The van der Waals surface area contributed by atoms with Gasteiger partial charge in [0.05, 0.1) is 22.1 Å². The summed E-state index contributed by atoms with van der Waals surface area (Å²) in [5, 5.41) is 6.87. The summed E-state index contributed by atoms with van der Waals surface area (Å²) in [5.41, 5.74) is 9.95. The van der Waals surface area contributed by atoms with Gasteiger partial charge in [-0.15, -0.1) is 0 Å². The molecule has 0 saturated heterocycles. The predicted octanol–water partition coefficient (Wildman–Crippen LogP) is 6.04. The highest BCUT2D eigenvalue weighted by molar-refractivity contribution is 6.34. The molecule has 0 spiro atoms. The first-order chi connectivity index (χ1) is 12.9. The van der Waals surface area contributed by atoms with Crippen molar-refractivity contribution in [3.8, 4) is 0 Å². The molecule has 1 fully saturated rings. The van der Waals surface area contributed by atoms with E-state index < -0.39 is 0 Å². The zero-order valence-electron chi connectivity index (χ0n) is 16.0. The summed E-state index contributed by atoms with van der Waals surface area (Å²) in [6.07, 6.45) is 6.06. The Morgan fingerprint density at radius 1 is 1.07 bits per heavy atom. The van der Waals surface area contributed by atoms with Crippen LogP contribution in [0.25, 0.3) is 0 Å². The number of amides is 1. The number of halogens is 1. The number of nitrogens with two attached hydrogens (primary N) is 1. The van der Waals surface area contributed by atoms with Crippen molar-refractivity contribution in [2.75, 3.05) is 16.4 Å². The van der Waals surface area contributed by atoms with Crippen molar-refractivity contribution in [1.29, 1.82) is 0 Å². The van der Waals surface area contributed by atoms with Crippen molar-refractivity contribution in [2.24, 2.45) is 0 Å². The first-order valence-electron chi connectivity index (χ1n) is 9.71. The van der Waals surface area contributed by atoms with Gasteiger partial charge in [0, 0.05) is 11.6 Å². The van der Waals surface area contributed by atoms with E-state index in [0.29, 0.717) is 33.9 Å². The molecule has 2 aromatic rings. The Kier molecular flexibility index (Phi) is 6.27. The maximum Gasteiger partial charge on any atom is 0.255 e. The summed E-state index contributed by atoms with van der Waals surface area (Å²) >= 11 is 6.32. The van der Waals surface area contributed by atoms with Crippen molar-refractivity contribution in [3.63, 3.8) is 0 Å². The zero-order valence-corrected chi connectivity index (χ0v) is 16.8. The van der Waals surface area contributed by atoms with E-state index in [0.717, 1.165) is 18.5 Å². The molecule has 0 radical (unpaired) electrons. The molecule has 0 bridgehead atoms. The third-order valence-electron chi connectivity index (χ3n) is 5.19. The van der Waals surface area contributed by atoms with Crippen molar-refractivity contribution in [1.82, 2.24) is 0 Å². The minimum absolute atomic E-state index is 0.180. The van der Waals surface area contributed by atoms with Gasteiger partial charge in [-0.25, -0.2) is 0 Å². The lowest BCUT2D eigenvalue weighted by Crippen LogP contribution is -2.23. The van der Waals surface area contributed by atoms with Gasteiger partial charge in [0.25, 0.3) is 5.91 Å².